The van der Waals surface area contributed by atoms with E-state index in [4.69, 9.17) is 0 Å². The van der Waals surface area contributed by atoms with E-state index in [1.807, 2.05) is 38.1 Å². The van der Waals surface area contributed by atoms with Gasteiger partial charge in [-0.05, 0) is 96.2 Å². The predicted molar refractivity (Wildman–Crippen MR) is 154 cm³/mol. The van der Waals surface area contributed by atoms with E-state index in [-0.39, 0.29) is 11.5 Å². The van der Waals surface area contributed by atoms with Gasteiger partial charge in [0, 0.05) is 11.1 Å². The highest BCUT2D eigenvalue weighted by Gasteiger charge is 2.49. The Hall–Kier alpha value is -3.52. The van der Waals surface area contributed by atoms with Crippen LogP contribution in [0.1, 0.15) is 84.0 Å². The summed E-state index contributed by atoms with van der Waals surface area (Å²) in [7, 11) is 0. The minimum atomic E-state index is -0.813. The molecule has 2 nitrogen and oxygen atoms in total. The zero-order valence-electron chi connectivity index (χ0n) is 22.6. The molecule has 0 saturated heterocycles. The van der Waals surface area contributed by atoms with Crippen LogP contribution >= 0.6 is 0 Å². The second kappa shape index (κ2) is 10.1. The Kier molecular flexibility index (Phi) is 6.86. The van der Waals surface area contributed by atoms with Crippen molar-refractivity contribution >= 4 is 0 Å². The van der Waals surface area contributed by atoms with E-state index in [1.54, 1.807) is 0 Å². The number of aromatic hydroxyl groups is 2. The van der Waals surface area contributed by atoms with Crippen molar-refractivity contribution in [2.75, 3.05) is 0 Å². The second-order valence-corrected chi connectivity index (χ2v) is 10.8. The van der Waals surface area contributed by atoms with Crippen LogP contribution in [0.5, 0.6) is 11.5 Å². The van der Waals surface area contributed by atoms with Gasteiger partial charge in [0.05, 0.1) is 5.41 Å². The first-order valence-electron chi connectivity index (χ1n) is 13.8. The van der Waals surface area contributed by atoms with Crippen molar-refractivity contribution in [3.63, 3.8) is 0 Å². The molecule has 0 spiro atoms. The Labute approximate surface area is 221 Å². The number of rotatable bonds is 8. The van der Waals surface area contributed by atoms with Crippen molar-refractivity contribution in [2.45, 2.75) is 71.6 Å². The third-order valence-electron chi connectivity index (χ3n) is 8.02. The van der Waals surface area contributed by atoms with Crippen molar-refractivity contribution in [3.05, 3.63) is 117 Å². The van der Waals surface area contributed by atoms with E-state index in [2.05, 4.69) is 62.4 Å². The van der Waals surface area contributed by atoms with Gasteiger partial charge in [0.1, 0.15) is 11.5 Å². The van der Waals surface area contributed by atoms with Crippen LogP contribution in [-0.2, 0) is 18.3 Å². The number of phenols is 2. The lowest BCUT2D eigenvalue weighted by Gasteiger charge is -2.35. The summed E-state index contributed by atoms with van der Waals surface area (Å²) in [5.74, 6) is 0.507. The van der Waals surface area contributed by atoms with Gasteiger partial charge < -0.3 is 10.2 Å². The molecule has 190 valence electrons. The molecule has 0 saturated carbocycles. The van der Waals surface area contributed by atoms with Gasteiger partial charge in [0.15, 0.2) is 0 Å². The molecule has 0 heterocycles. The Bertz CT molecular complexity index is 1340. The molecule has 2 N–H and O–H groups in total. The number of hydrogen-bond acceptors (Lipinski definition) is 2. The molecule has 4 aromatic rings. The summed E-state index contributed by atoms with van der Waals surface area (Å²) >= 11 is 0. The Morgan fingerprint density at radius 2 is 0.946 bits per heavy atom. The Morgan fingerprint density at radius 3 is 1.32 bits per heavy atom. The van der Waals surface area contributed by atoms with Gasteiger partial charge in [-0.25, -0.2) is 0 Å². The smallest absolute Gasteiger partial charge is 0.120 e. The van der Waals surface area contributed by atoms with Gasteiger partial charge in [-0.1, -0.05) is 87.4 Å². The summed E-state index contributed by atoms with van der Waals surface area (Å²) in [6.45, 7) is 8.45. The van der Waals surface area contributed by atoms with Gasteiger partial charge >= 0.3 is 0 Å². The van der Waals surface area contributed by atoms with Crippen LogP contribution in [0.15, 0.2) is 72.8 Å². The molecule has 1 aliphatic rings. The largest absolute Gasteiger partial charge is 0.508 e. The molecule has 0 atom stereocenters. The van der Waals surface area contributed by atoms with Crippen LogP contribution in [-0.4, -0.2) is 10.2 Å². The summed E-state index contributed by atoms with van der Waals surface area (Å²) in [6, 6.07) is 25.5. The van der Waals surface area contributed by atoms with Crippen LogP contribution in [0.25, 0.3) is 11.1 Å². The van der Waals surface area contributed by atoms with Gasteiger partial charge in [-0.2, -0.15) is 0 Å². The number of fused-ring (bicyclic) bond motifs is 3. The standard InChI is InChI=1S/C35H38O2/c1-5-7-9-25-13-17-29-27(21-25)28-22-26(10-8-6-2)14-18-30(28)35(29,31-15-11-23(3)19-33(31)36)32-16-12-24(4)20-34(32)37/h11-22,36-37H,5-10H2,1-4H3. The normalized spacial score (nSPS) is 13.4. The Morgan fingerprint density at radius 1 is 0.541 bits per heavy atom. The first-order valence-corrected chi connectivity index (χ1v) is 13.8. The molecule has 5 rings (SSSR count). The fraction of sp³-hybridized carbons (Fsp3) is 0.314. The van der Waals surface area contributed by atoms with Crippen molar-refractivity contribution in [2.24, 2.45) is 0 Å². The molecule has 0 aromatic heterocycles. The van der Waals surface area contributed by atoms with Gasteiger partial charge in [-0.15, -0.1) is 0 Å². The lowest BCUT2D eigenvalue weighted by Crippen LogP contribution is -2.29. The lowest BCUT2D eigenvalue weighted by atomic mass is 9.66. The average Bonchev–Trinajstić information content (AvgIpc) is 3.16. The van der Waals surface area contributed by atoms with Gasteiger partial charge in [0.2, 0.25) is 0 Å². The van der Waals surface area contributed by atoms with Crippen LogP contribution in [0.3, 0.4) is 0 Å². The molecule has 37 heavy (non-hydrogen) atoms. The first kappa shape index (κ1) is 25.1. The van der Waals surface area contributed by atoms with Crippen molar-refractivity contribution in [1.82, 2.24) is 0 Å². The van der Waals surface area contributed by atoms with E-state index >= 15 is 0 Å². The summed E-state index contributed by atoms with van der Waals surface area (Å²) in [6.07, 6.45) is 6.73. The summed E-state index contributed by atoms with van der Waals surface area (Å²) in [5.41, 5.74) is 10.1. The van der Waals surface area contributed by atoms with E-state index < -0.39 is 5.41 Å². The van der Waals surface area contributed by atoms with Gasteiger partial charge in [0.25, 0.3) is 0 Å². The first-order chi connectivity index (χ1) is 17.9. The second-order valence-electron chi connectivity index (χ2n) is 10.8. The van der Waals surface area contributed by atoms with E-state index in [1.165, 1.54) is 22.3 Å². The monoisotopic (exact) mass is 490 g/mol. The maximum Gasteiger partial charge on any atom is 0.120 e. The molecular formula is C35H38O2. The number of unbranched alkanes of at least 4 members (excludes halogenated alkanes) is 2. The SMILES string of the molecule is CCCCc1ccc2c(c1)-c1cc(CCCC)ccc1C2(c1ccc(C)cc1O)c1ccc(C)cc1O. The minimum absolute atomic E-state index is 0.254. The molecular weight excluding hydrogens is 452 g/mol. The fourth-order valence-corrected chi connectivity index (χ4v) is 6.14. The highest BCUT2D eigenvalue weighted by molar-refractivity contribution is 5.88. The summed E-state index contributed by atoms with van der Waals surface area (Å²) in [4.78, 5) is 0. The number of aryl methyl sites for hydroxylation is 4. The van der Waals surface area contributed by atoms with Crippen LogP contribution in [0.2, 0.25) is 0 Å². The molecule has 0 bridgehead atoms. The fourth-order valence-electron chi connectivity index (χ4n) is 6.14. The predicted octanol–water partition coefficient (Wildman–Crippen LogP) is 8.76. The molecule has 1 aliphatic carbocycles. The molecule has 0 aliphatic heterocycles. The molecule has 2 heteroatoms. The number of hydrogen-bond donors (Lipinski definition) is 2. The van der Waals surface area contributed by atoms with Gasteiger partial charge in [-0.3, -0.25) is 0 Å². The molecule has 0 fully saturated rings. The third kappa shape index (κ3) is 4.23. The molecule has 0 unspecified atom stereocenters. The number of phenolic OH excluding ortho intramolecular Hbond substituents is 2. The number of benzene rings is 4. The summed E-state index contributed by atoms with van der Waals surface area (Å²) < 4.78 is 0. The Balaban J connectivity index is 1.88. The zero-order valence-corrected chi connectivity index (χ0v) is 22.6. The van der Waals surface area contributed by atoms with Crippen molar-refractivity contribution in [3.8, 4) is 22.6 Å². The topological polar surface area (TPSA) is 40.5 Å². The molecule has 0 amide bonds. The highest BCUT2D eigenvalue weighted by atomic mass is 16.3. The highest BCUT2D eigenvalue weighted by Crippen LogP contribution is 2.59. The van der Waals surface area contributed by atoms with Crippen LogP contribution in [0, 0.1) is 13.8 Å². The van der Waals surface area contributed by atoms with E-state index in [0.717, 1.165) is 71.9 Å². The third-order valence-corrected chi connectivity index (χ3v) is 8.02. The molecule has 4 aromatic carbocycles. The quantitative estimate of drug-likeness (QED) is 0.228. The van der Waals surface area contributed by atoms with Crippen molar-refractivity contribution in [1.29, 1.82) is 0 Å². The summed E-state index contributed by atoms with van der Waals surface area (Å²) in [5, 5.41) is 22.9. The maximum atomic E-state index is 11.4. The molecule has 0 radical (unpaired) electrons. The lowest BCUT2D eigenvalue weighted by molar-refractivity contribution is 0.448. The zero-order chi connectivity index (χ0) is 26.2. The minimum Gasteiger partial charge on any atom is -0.508 e. The van der Waals surface area contributed by atoms with Crippen LogP contribution < -0.4 is 0 Å². The van der Waals surface area contributed by atoms with Crippen LogP contribution in [0.4, 0.5) is 0 Å². The van der Waals surface area contributed by atoms with Crippen molar-refractivity contribution < 1.29 is 10.2 Å². The maximum absolute atomic E-state index is 11.4. The van der Waals surface area contributed by atoms with E-state index in [0.29, 0.717) is 0 Å². The average molecular weight is 491 g/mol. The van der Waals surface area contributed by atoms with E-state index in [9.17, 15) is 10.2 Å².